The van der Waals surface area contributed by atoms with Crippen molar-refractivity contribution in [3.05, 3.63) is 80.3 Å². The molecule has 0 bridgehead atoms. The lowest BCUT2D eigenvalue weighted by atomic mass is 10.1. The Morgan fingerprint density at radius 3 is 2.73 bits per heavy atom. The molecule has 0 amide bonds. The molecule has 3 rings (SSSR count). The van der Waals surface area contributed by atoms with Gasteiger partial charge in [0.05, 0.1) is 16.4 Å². The zero-order valence-corrected chi connectivity index (χ0v) is 14.8. The first-order valence-electron chi connectivity index (χ1n) is 7.43. The van der Waals surface area contributed by atoms with Crippen LogP contribution in [-0.2, 0) is 0 Å². The standard InChI is InChI=1S/C18H11BrFN5O/c19-15-12(7-4-8-14(15)20)10-22-25-18-23-16(11-5-2-1-3-6-11)13(9-21)17(26)24-18/h1-8,10H,(H2,23,24,25,26). The quantitative estimate of drug-likeness (QED) is 0.505. The van der Waals surface area contributed by atoms with Gasteiger partial charge in [-0.1, -0.05) is 42.5 Å². The Morgan fingerprint density at radius 1 is 1.23 bits per heavy atom. The number of hydrogen-bond donors (Lipinski definition) is 2. The molecule has 1 heterocycles. The van der Waals surface area contributed by atoms with Gasteiger partial charge < -0.3 is 0 Å². The Morgan fingerprint density at radius 2 is 2.00 bits per heavy atom. The number of anilines is 1. The number of hydrazone groups is 1. The summed E-state index contributed by atoms with van der Waals surface area (Å²) in [5, 5.41) is 13.2. The van der Waals surface area contributed by atoms with Crippen LogP contribution in [0.15, 0.2) is 62.9 Å². The van der Waals surface area contributed by atoms with Gasteiger partial charge in [0.25, 0.3) is 5.56 Å². The number of H-pyrrole nitrogens is 1. The number of aromatic nitrogens is 2. The van der Waals surface area contributed by atoms with Gasteiger partial charge in [-0.2, -0.15) is 10.4 Å². The molecule has 0 aliphatic heterocycles. The van der Waals surface area contributed by atoms with Crippen LogP contribution in [0.25, 0.3) is 11.3 Å². The van der Waals surface area contributed by atoms with Crippen molar-refractivity contribution in [3.8, 4) is 17.3 Å². The molecule has 2 N–H and O–H groups in total. The summed E-state index contributed by atoms with van der Waals surface area (Å²) in [5.41, 5.74) is 3.33. The third kappa shape index (κ3) is 3.68. The summed E-state index contributed by atoms with van der Waals surface area (Å²) >= 11 is 3.14. The van der Waals surface area contributed by atoms with Gasteiger partial charge in [-0.25, -0.2) is 14.8 Å². The van der Waals surface area contributed by atoms with E-state index in [1.54, 1.807) is 36.4 Å². The van der Waals surface area contributed by atoms with Gasteiger partial charge in [0.1, 0.15) is 17.4 Å². The van der Waals surface area contributed by atoms with Crippen molar-refractivity contribution in [3.63, 3.8) is 0 Å². The molecular formula is C18H11BrFN5O. The predicted octanol–water partition coefficient (Wildman–Crippen LogP) is 3.66. The minimum atomic E-state index is -0.578. The smallest absolute Gasteiger partial charge is 0.270 e. The van der Waals surface area contributed by atoms with Gasteiger partial charge in [-0.05, 0) is 22.0 Å². The van der Waals surface area contributed by atoms with Gasteiger partial charge in [-0.15, -0.1) is 0 Å². The highest BCUT2D eigenvalue weighted by Gasteiger charge is 2.12. The fourth-order valence-corrected chi connectivity index (χ4v) is 2.58. The second-order valence-electron chi connectivity index (χ2n) is 5.13. The SMILES string of the molecule is N#Cc1c(-c2ccccc2)nc(NN=Cc2cccc(F)c2Br)[nH]c1=O. The van der Waals surface area contributed by atoms with Crippen LogP contribution in [0.3, 0.4) is 0 Å². The monoisotopic (exact) mass is 411 g/mol. The van der Waals surface area contributed by atoms with E-state index in [-0.39, 0.29) is 21.7 Å². The third-order valence-corrected chi connectivity index (χ3v) is 4.27. The van der Waals surface area contributed by atoms with E-state index in [0.29, 0.717) is 11.1 Å². The molecule has 6 nitrogen and oxygen atoms in total. The van der Waals surface area contributed by atoms with Crippen molar-refractivity contribution < 1.29 is 4.39 Å². The molecule has 0 unspecified atom stereocenters. The van der Waals surface area contributed by atoms with Crippen LogP contribution in [0.5, 0.6) is 0 Å². The zero-order valence-electron chi connectivity index (χ0n) is 13.2. The molecule has 1 aromatic heterocycles. The van der Waals surface area contributed by atoms with Gasteiger partial charge in [0, 0.05) is 11.1 Å². The normalized spacial score (nSPS) is 10.7. The van der Waals surface area contributed by atoms with Crippen molar-refractivity contribution in [2.75, 3.05) is 5.43 Å². The summed E-state index contributed by atoms with van der Waals surface area (Å²) in [7, 11) is 0. The molecular weight excluding hydrogens is 401 g/mol. The number of nitrogens with zero attached hydrogens (tertiary/aromatic N) is 3. The molecule has 26 heavy (non-hydrogen) atoms. The number of nitrogens with one attached hydrogen (secondary N) is 2. The summed E-state index contributed by atoms with van der Waals surface area (Å²) < 4.78 is 13.8. The fraction of sp³-hybridized carbons (Fsp3) is 0. The predicted molar refractivity (Wildman–Crippen MR) is 100 cm³/mol. The Kier molecular flexibility index (Phi) is 5.20. The maximum absolute atomic E-state index is 13.5. The van der Waals surface area contributed by atoms with Crippen molar-refractivity contribution >= 4 is 28.1 Å². The highest BCUT2D eigenvalue weighted by atomic mass is 79.9. The van der Waals surface area contributed by atoms with Gasteiger partial charge in [0.15, 0.2) is 0 Å². The van der Waals surface area contributed by atoms with Crippen LogP contribution in [0.1, 0.15) is 11.1 Å². The van der Waals surface area contributed by atoms with Crippen LogP contribution in [0.4, 0.5) is 10.3 Å². The first-order chi connectivity index (χ1) is 12.6. The third-order valence-electron chi connectivity index (χ3n) is 3.43. The van der Waals surface area contributed by atoms with E-state index in [2.05, 4.69) is 36.4 Å². The molecule has 0 saturated carbocycles. The number of halogens is 2. The Hall–Kier alpha value is -3.31. The molecule has 0 spiro atoms. The minimum absolute atomic E-state index is 0.0663. The van der Waals surface area contributed by atoms with Crippen LogP contribution in [0, 0.1) is 17.1 Å². The Bertz CT molecular complexity index is 1070. The summed E-state index contributed by atoms with van der Waals surface area (Å²) in [4.78, 5) is 18.8. The summed E-state index contributed by atoms with van der Waals surface area (Å²) in [6.45, 7) is 0. The van der Waals surface area contributed by atoms with Gasteiger partial charge >= 0.3 is 0 Å². The van der Waals surface area contributed by atoms with Crippen LogP contribution < -0.4 is 11.0 Å². The average Bonchev–Trinajstić information content (AvgIpc) is 2.65. The Balaban J connectivity index is 1.93. The summed E-state index contributed by atoms with van der Waals surface area (Å²) in [5.74, 6) is -0.346. The van der Waals surface area contributed by atoms with E-state index in [1.807, 2.05) is 12.1 Å². The molecule has 8 heteroatoms. The number of nitriles is 1. The Labute approximate surface area is 156 Å². The molecule has 3 aromatic rings. The minimum Gasteiger partial charge on any atom is -0.290 e. The highest BCUT2D eigenvalue weighted by molar-refractivity contribution is 9.10. The van der Waals surface area contributed by atoms with Crippen molar-refractivity contribution in [1.29, 1.82) is 5.26 Å². The van der Waals surface area contributed by atoms with E-state index in [0.717, 1.165) is 0 Å². The lowest BCUT2D eigenvalue weighted by molar-refractivity contribution is 0.621. The van der Waals surface area contributed by atoms with Gasteiger partial charge in [-0.3, -0.25) is 9.78 Å². The van der Waals surface area contributed by atoms with E-state index < -0.39 is 11.4 Å². The lowest BCUT2D eigenvalue weighted by Gasteiger charge is -2.06. The van der Waals surface area contributed by atoms with E-state index >= 15 is 0 Å². The van der Waals surface area contributed by atoms with Crippen LogP contribution in [0.2, 0.25) is 0 Å². The maximum Gasteiger partial charge on any atom is 0.270 e. The van der Waals surface area contributed by atoms with Gasteiger partial charge in [0.2, 0.25) is 5.95 Å². The largest absolute Gasteiger partial charge is 0.290 e. The molecule has 128 valence electrons. The number of rotatable bonds is 4. The summed E-state index contributed by atoms with van der Waals surface area (Å²) in [6, 6.07) is 15.3. The second-order valence-corrected chi connectivity index (χ2v) is 5.92. The van der Waals surface area contributed by atoms with Crippen LogP contribution >= 0.6 is 15.9 Å². The maximum atomic E-state index is 13.5. The fourth-order valence-electron chi connectivity index (χ4n) is 2.22. The molecule has 0 aliphatic carbocycles. The van der Waals surface area contributed by atoms with Crippen molar-refractivity contribution in [2.24, 2.45) is 5.10 Å². The first kappa shape index (κ1) is 17.5. The average molecular weight is 412 g/mol. The molecule has 0 aliphatic rings. The first-order valence-corrected chi connectivity index (χ1v) is 8.22. The number of aromatic amines is 1. The molecule has 0 fully saturated rings. The zero-order chi connectivity index (χ0) is 18.5. The summed E-state index contributed by atoms with van der Waals surface area (Å²) in [6.07, 6.45) is 1.38. The molecule has 0 saturated heterocycles. The topological polar surface area (TPSA) is 93.9 Å². The van der Waals surface area contributed by atoms with E-state index in [4.69, 9.17) is 0 Å². The second kappa shape index (κ2) is 7.72. The molecule has 0 radical (unpaired) electrons. The van der Waals surface area contributed by atoms with Crippen LogP contribution in [-0.4, -0.2) is 16.2 Å². The molecule has 2 aromatic carbocycles. The van der Waals surface area contributed by atoms with Crippen molar-refractivity contribution in [1.82, 2.24) is 9.97 Å². The van der Waals surface area contributed by atoms with E-state index in [9.17, 15) is 14.4 Å². The van der Waals surface area contributed by atoms with Crippen molar-refractivity contribution in [2.45, 2.75) is 0 Å². The number of hydrogen-bond acceptors (Lipinski definition) is 5. The number of benzene rings is 2. The van der Waals surface area contributed by atoms with E-state index in [1.165, 1.54) is 12.3 Å². The highest BCUT2D eigenvalue weighted by Crippen LogP contribution is 2.20. The lowest BCUT2D eigenvalue weighted by Crippen LogP contribution is -2.16. The molecule has 0 atom stereocenters.